The molecule has 1 heterocycles. The average molecular weight is 368 g/mol. The maximum atomic E-state index is 10.2. The monoisotopic (exact) mass is 368 g/mol. The fraction of sp³-hybridized carbons (Fsp3) is 0.200. The minimum atomic E-state index is -0.629. The van der Waals surface area contributed by atoms with Gasteiger partial charge in [0.25, 0.3) is 0 Å². The van der Waals surface area contributed by atoms with Crippen molar-refractivity contribution < 1.29 is 14.9 Å². The lowest BCUT2D eigenvalue weighted by Gasteiger charge is -2.19. The number of hydrogen-bond acceptors (Lipinski definition) is 3. The zero-order valence-corrected chi connectivity index (χ0v) is 15.3. The second-order valence-electron chi connectivity index (χ2n) is 7.79. The molecule has 0 saturated carbocycles. The molecule has 3 atom stereocenters. The first-order chi connectivity index (χ1) is 13.8. The molecule has 3 heteroatoms. The van der Waals surface area contributed by atoms with Crippen molar-refractivity contribution in [2.24, 2.45) is 0 Å². The Morgan fingerprint density at radius 3 is 2.04 bits per heavy atom. The summed E-state index contributed by atoms with van der Waals surface area (Å²) in [4.78, 5) is 0. The van der Waals surface area contributed by atoms with Gasteiger partial charge in [0.15, 0.2) is 0 Å². The molecule has 0 aliphatic carbocycles. The smallest absolute Gasteiger partial charge is 0.107 e. The fourth-order valence-electron chi connectivity index (χ4n) is 5.04. The predicted molar refractivity (Wildman–Crippen MR) is 113 cm³/mol. The molecule has 0 aromatic heterocycles. The second kappa shape index (κ2) is 5.89. The van der Waals surface area contributed by atoms with E-state index in [1.807, 2.05) is 0 Å². The van der Waals surface area contributed by atoms with Gasteiger partial charge in [-0.1, -0.05) is 66.7 Å². The van der Waals surface area contributed by atoms with Gasteiger partial charge in [-0.05, 0) is 48.7 Å². The van der Waals surface area contributed by atoms with Gasteiger partial charge in [0.1, 0.15) is 6.10 Å². The molecule has 2 N–H and O–H groups in total. The van der Waals surface area contributed by atoms with E-state index in [4.69, 9.17) is 4.74 Å². The maximum Gasteiger partial charge on any atom is 0.107 e. The average Bonchev–Trinajstić information content (AvgIpc) is 3.12. The van der Waals surface area contributed by atoms with Crippen LogP contribution in [0.15, 0.2) is 66.7 Å². The van der Waals surface area contributed by atoms with E-state index in [2.05, 4.69) is 66.7 Å². The lowest BCUT2D eigenvalue weighted by molar-refractivity contribution is -0.0222. The number of benzene rings is 5. The van der Waals surface area contributed by atoms with E-state index in [0.29, 0.717) is 6.42 Å². The zero-order valence-electron chi connectivity index (χ0n) is 15.3. The van der Waals surface area contributed by atoms with E-state index in [1.54, 1.807) is 0 Å². The largest absolute Gasteiger partial charge is 0.394 e. The van der Waals surface area contributed by atoms with E-state index in [9.17, 15) is 10.2 Å². The van der Waals surface area contributed by atoms with Crippen LogP contribution in [0.25, 0.3) is 43.1 Å². The first-order valence-electron chi connectivity index (χ1n) is 9.79. The Morgan fingerprint density at radius 2 is 1.36 bits per heavy atom. The molecular formula is C25H20O3. The maximum absolute atomic E-state index is 10.2. The van der Waals surface area contributed by atoms with E-state index >= 15 is 0 Å². The lowest BCUT2D eigenvalue weighted by Crippen LogP contribution is -2.24. The van der Waals surface area contributed by atoms with Crippen LogP contribution in [-0.2, 0) is 4.74 Å². The number of aliphatic hydroxyl groups is 2. The van der Waals surface area contributed by atoms with Crippen LogP contribution in [0.3, 0.4) is 0 Å². The highest BCUT2D eigenvalue weighted by Gasteiger charge is 2.35. The summed E-state index contributed by atoms with van der Waals surface area (Å²) in [6.45, 7) is -0.158. The second-order valence-corrected chi connectivity index (χ2v) is 7.79. The summed E-state index contributed by atoms with van der Waals surface area (Å²) in [7, 11) is 0. The van der Waals surface area contributed by atoms with Crippen molar-refractivity contribution in [1.82, 2.24) is 0 Å². The number of aliphatic hydroxyl groups excluding tert-OH is 2. The highest BCUT2D eigenvalue weighted by atomic mass is 16.5. The molecule has 6 rings (SSSR count). The molecule has 1 saturated heterocycles. The highest BCUT2D eigenvalue weighted by Crippen LogP contribution is 2.44. The molecule has 1 aliphatic heterocycles. The molecule has 5 aromatic rings. The molecule has 0 spiro atoms. The lowest BCUT2D eigenvalue weighted by atomic mass is 9.87. The Balaban J connectivity index is 1.72. The minimum Gasteiger partial charge on any atom is -0.394 e. The SMILES string of the molecule is OC[C@H]1O[C@H](c2ccc3c4cccc5cccc(c6cccc2c63)c54)CC1O. The van der Waals surface area contributed by atoms with Crippen LogP contribution in [0, 0.1) is 0 Å². The van der Waals surface area contributed by atoms with Gasteiger partial charge < -0.3 is 14.9 Å². The summed E-state index contributed by atoms with van der Waals surface area (Å²) >= 11 is 0. The summed E-state index contributed by atoms with van der Waals surface area (Å²) in [5.74, 6) is 0. The van der Waals surface area contributed by atoms with Gasteiger partial charge in [0.05, 0.1) is 18.8 Å². The molecule has 1 fully saturated rings. The Morgan fingerprint density at radius 1 is 0.750 bits per heavy atom. The summed E-state index contributed by atoms with van der Waals surface area (Å²) in [5.41, 5.74) is 1.09. The van der Waals surface area contributed by atoms with E-state index < -0.39 is 12.2 Å². The molecule has 3 nitrogen and oxygen atoms in total. The van der Waals surface area contributed by atoms with Crippen LogP contribution in [0.4, 0.5) is 0 Å². The third-order valence-corrected chi connectivity index (χ3v) is 6.31. The van der Waals surface area contributed by atoms with E-state index in [1.165, 1.54) is 37.7 Å². The Bertz CT molecular complexity index is 1290. The topological polar surface area (TPSA) is 49.7 Å². The third kappa shape index (κ3) is 2.09. The van der Waals surface area contributed by atoms with Crippen LogP contribution in [0.5, 0.6) is 0 Å². The minimum absolute atomic E-state index is 0.158. The Kier molecular flexibility index (Phi) is 3.42. The molecule has 28 heavy (non-hydrogen) atoms. The third-order valence-electron chi connectivity index (χ3n) is 6.31. The summed E-state index contributed by atoms with van der Waals surface area (Å²) in [6.07, 6.45) is -0.833. The van der Waals surface area contributed by atoms with Crippen LogP contribution in [0.1, 0.15) is 18.1 Å². The van der Waals surface area contributed by atoms with Gasteiger partial charge in [-0.2, -0.15) is 0 Å². The van der Waals surface area contributed by atoms with Crippen molar-refractivity contribution in [3.8, 4) is 0 Å². The molecule has 0 amide bonds. The molecular weight excluding hydrogens is 348 g/mol. The summed E-state index contributed by atoms with van der Waals surface area (Å²) in [6, 6.07) is 23.8. The van der Waals surface area contributed by atoms with Crippen LogP contribution in [0.2, 0.25) is 0 Å². The van der Waals surface area contributed by atoms with Gasteiger partial charge >= 0.3 is 0 Å². The van der Waals surface area contributed by atoms with Gasteiger partial charge in [0.2, 0.25) is 0 Å². The van der Waals surface area contributed by atoms with Crippen molar-refractivity contribution in [1.29, 1.82) is 0 Å². The summed E-state index contributed by atoms with van der Waals surface area (Å²) in [5, 5.41) is 29.7. The Labute approximate surface area is 162 Å². The zero-order chi connectivity index (χ0) is 18.8. The van der Waals surface area contributed by atoms with Gasteiger partial charge in [-0.25, -0.2) is 0 Å². The molecule has 138 valence electrons. The molecule has 1 unspecified atom stereocenters. The van der Waals surface area contributed by atoms with Gasteiger partial charge in [-0.3, -0.25) is 0 Å². The van der Waals surface area contributed by atoms with Crippen molar-refractivity contribution in [2.45, 2.75) is 24.7 Å². The number of rotatable bonds is 2. The van der Waals surface area contributed by atoms with E-state index in [-0.39, 0.29) is 12.7 Å². The van der Waals surface area contributed by atoms with Crippen LogP contribution >= 0.6 is 0 Å². The molecule has 0 bridgehead atoms. The van der Waals surface area contributed by atoms with Crippen LogP contribution < -0.4 is 0 Å². The van der Waals surface area contributed by atoms with Crippen molar-refractivity contribution in [2.75, 3.05) is 6.61 Å². The molecule has 0 radical (unpaired) electrons. The molecule has 1 aliphatic rings. The van der Waals surface area contributed by atoms with E-state index in [0.717, 1.165) is 10.9 Å². The predicted octanol–water partition coefficient (Wildman–Crippen LogP) is 4.92. The highest BCUT2D eigenvalue weighted by molar-refractivity contribution is 6.33. The Hall–Kier alpha value is -2.72. The number of ether oxygens (including phenoxy) is 1. The summed E-state index contributed by atoms with van der Waals surface area (Å²) < 4.78 is 5.98. The van der Waals surface area contributed by atoms with Gasteiger partial charge in [0, 0.05) is 6.42 Å². The quantitative estimate of drug-likeness (QED) is 0.343. The standard InChI is InChI=1S/C25H20O3/c26-13-23-21(27)12-22(28-23)15-10-11-20-18-7-2-5-14-4-1-6-17(24(14)18)19-9-3-8-16(15)25(19)20/h1-11,21-23,26-27H,12-13H2/t21?,22-,23+/m0/s1. The van der Waals surface area contributed by atoms with Crippen LogP contribution in [-0.4, -0.2) is 29.0 Å². The first kappa shape index (κ1) is 16.3. The normalized spacial score (nSPS) is 22.9. The fourth-order valence-corrected chi connectivity index (χ4v) is 5.04. The first-order valence-corrected chi connectivity index (χ1v) is 9.79. The number of fused-ring (bicyclic) bond motifs is 2. The molecule has 5 aromatic carbocycles. The number of hydrogen-bond donors (Lipinski definition) is 2. The van der Waals surface area contributed by atoms with Crippen molar-refractivity contribution in [3.05, 3.63) is 72.3 Å². The van der Waals surface area contributed by atoms with Crippen molar-refractivity contribution in [3.63, 3.8) is 0 Å². The van der Waals surface area contributed by atoms with Crippen molar-refractivity contribution >= 4 is 43.1 Å². The van der Waals surface area contributed by atoms with Gasteiger partial charge in [-0.15, -0.1) is 0 Å².